The van der Waals surface area contributed by atoms with E-state index in [2.05, 4.69) is 21.2 Å². The van der Waals surface area contributed by atoms with E-state index in [0.29, 0.717) is 29.7 Å². The molecular formula is C19H16BrCl2NO2. The standard InChI is InChI=1S/C19H16BrCl2NO2/c20-15-4-6-19(25-12-13-3-5-16(21)9-18(13)22)14(8-15)10-23-11-17-2-1-7-24-17/h1-9,23H,10-12H2. The van der Waals surface area contributed by atoms with Gasteiger partial charge in [-0.05, 0) is 42.5 Å². The van der Waals surface area contributed by atoms with Crippen LogP contribution in [0, 0.1) is 0 Å². The SMILES string of the molecule is Clc1ccc(COc2ccc(Br)cc2CNCc2ccco2)c(Cl)c1. The molecule has 0 atom stereocenters. The van der Waals surface area contributed by atoms with Crippen molar-refractivity contribution in [1.29, 1.82) is 0 Å². The van der Waals surface area contributed by atoms with Crippen LogP contribution in [0.5, 0.6) is 5.75 Å². The first-order valence-corrected chi connectivity index (χ1v) is 9.25. The van der Waals surface area contributed by atoms with Gasteiger partial charge in [0.2, 0.25) is 0 Å². The average molecular weight is 441 g/mol. The Morgan fingerprint density at radius 1 is 1.00 bits per heavy atom. The zero-order valence-electron chi connectivity index (χ0n) is 13.3. The first kappa shape index (κ1) is 18.3. The number of halogens is 3. The molecule has 0 radical (unpaired) electrons. The van der Waals surface area contributed by atoms with Crippen LogP contribution in [0.2, 0.25) is 10.0 Å². The molecule has 0 unspecified atom stereocenters. The van der Waals surface area contributed by atoms with E-state index < -0.39 is 0 Å². The molecule has 3 nitrogen and oxygen atoms in total. The predicted octanol–water partition coefficient (Wildman–Crippen LogP) is 6.22. The third kappa shape index (κ3) is 5.25. The van der Waals surface area contributed by atoms with Crippen molar-refractivity contribution in [2.45, 2.75) is 19.7 Å². The molecule has 0 bridgehead atoms. The zero-order valence-corrected chi connectivity index (χ0v) is 16.4. The molecule has 130 valence electrons. The highest BCUT2D eigenvalue weighted by atomic mass is 79.9. The van der Waals surface area contributed by atoms with Gasteiger partial charge < -0.3 is 14.5 Å². The highest BCUT2D eigenvalue weighted by Gasteiger charge is 2.08. The molecule has 0 aliphatic carbocycles. The minimum Gasteiger partial charge on any atom is -0.489 e. The van der Waals surface area contributed by atoms with Gasteiger partial charge in [-0.25, -0.2) is 0 Å². The summed E-state index contributed by atoms with van der Waals surface area (Å²) in [6, 6.07) is 15.1. The second kappa shape index (κ2) is 8.77. The smallest absolute Gasteiger partial charge is 0.124 e. The van der Waals surface area contributed by atoms with Crippen LogP contribution in [-0.2, 0) is 19.7 Å². The summed E-state index contributed by atoms with van der Waals surface area (Å²) in [5.41, 5.74) is 1.94. The third-order valence-electron chi connectivity index (χ3n) is 3.62. The molecule has 3 rings (SSSR count). The summed E-state index contributed by atoms with van der Waals surface area (Å²) in [6.07, 6.45) is 1.67. The van der Waals surface area contributed by atoms with Crippen molar-refractivity contribution < 1.29 is 9.15 Å². The molecular weight excluding hydrogens is 425 g/mol. The lowest BCUT2D eigenvalue weighted by Crippen LogP contribution is -2.13. The Hall–Kier alpha value is -1.46. The number of hydrogen-bond donors (Lipinski definition) is 1. The lowest BCUT2D eigenvalue weighted by molar-refractivity contribution is 0.302. The van der Waals surface area contributed by atoms with Crippen molar-refractivity contribution >= 4 is 39.1 Å². The van der Waals surface area contributed by atoms with Gasteiger partial charge in [0.05, 0.1) is 12.8 Å². The van der Waals surface area contributed by atoms with Gasteiger partial charge >= 0.3 is 0 Å². The first-order chi connectivity index (χ1) is 12.1. The molecule has 6 heteroatoms. The molecule has 1 aromatic heterocycles. The van der Waals surface area contributed by atoms with Crippen LogP contribution in [0.1, 0.15) is 16.9 Å². The normalized spacial score (nSPS) is 10.8. The van der Waals surface area contributed by atoms with E-state index in [0.717, 1.165) is 27.1 Å². The Morgan fingerprint density at radius 3 is 2.64 bits per heavy atom. The number of hydrogen-bond acceptors (Lipinski definition) is 3. The fourth-order valence-corrected chi connectivity index (χ4v) is 3.23. The monoisotopic (exact) mass is 439 g/mol. The van der Waals surface area contributed by atoms with Crippen molar-refractivity contribution in [3.63, 3.8) is 0 Å². The highest BCUT2D eigenvalue weighted by Crippen LogP contribution is 2.26. The fraction of sp³-hybridized carbons (Fsp3) is 0.158. The van der Waals surface area contributed by atoms with Crippen LogP contribution in [-0.4, -0.2) is 0 Å². The molecule has 0 saturated carbocycles. The zero-order chi connectivity index (χ0) is 17.6. The van der Waals surface area contributed by atoms with Gasteiger partial charge in [0.1, 0.15) is 18.1 Å². The van der Waals surface area contributed by atoms with Crippen molar-refractivity contribution in [3.05, 3.63) is 86.2 Å². The molecule has 3 aromatic rings. The molecule has 0 spiro atoms. The summed E-state index contributed by atoms with van der Waals surface area (Å²) in [4.78, 5) is 0. The number of rotatable bonds is 7. The van der Waals surface area contributed by atoms with Crippen LogP contribution in [0.4, 0.5) is 0 Å². The average Bonchev–Trinajstić information content (AvgIpc) is 3.09. The van der Waals surface area contributed by atoms with Gasteiger partial charge in [-0.2, -0.15) is 0 Å². The minimum absolute atomic E-state index is 0.378. The van der Waals surface area contributed by atoms with Crippen LogP contribution in [0.3, 0.4) is 0 Å². The van der Waals surface area contributed by atoms with E-state index in [1.807, 2.05) is 36.4 Å². The molecule has 0 aliphatic rings. The van der Waals surface area contributed by atoms with Crippen molar-refractivity contribution in [1.82, 2.24) is 5.32 Å². The maximum absolute atomic E-state index is 6.21. The lowest BCUT2D eigenvalue weighted by atomic mass is 10.2. The quantitative estimate of drug-likeness (QED) is 0.473. The highest BCUT2D eigenvalue weighted by molar-refractivity contribution is 9.10. The third-order valence-corrected chi connectivity index (χ3v) is 4.70. The largest absolute Gasteiger partial charge is 0.489 e. The Labute approximate surface area is 165 Å². The minimum atomic E-state index is 0.378. The predicted molar refractivity (Wildman–Crippen MR) is 104 cm³/mol. The van der Waals surface area contributed by atoms with Crippen molar-refractivity contribution in [3.8, 4) is 5.75 Å². The number of furan rings is 1. The van der Waals surface area contributed by atoms with Crippen LogP contribution >= 0.6 is 39.1 Å². The Bertz CT molecular complexity index is 837. The van der Waals surface area contributed by atoms with Gasteiger partial charge in [-0.1, -0.05) is 45.2 Å². The summed E-state index contributed by atoms with van der Waals surface area (Å²) in [7, 11) is 0. The molecule has 0 aliphatic heterocycles. The molecule has 2 aromatic carbocycles. The second-order valence-corrected chi connectivity index (χ2v) is 7.22. The Kier molecular flexibility index (Phi) is 6.43. The van der Waals surface area contributed by atoms with Gasteiger partial charge in [0.15, 0.2) is 0 Å². The van der Waals surface area contributed by atoms with Crippen molar-refractivity contribution in [2.75, 3.05) is 0 Å². The summed E-state index contributed by atoms with van der Waals surface area (Å²) >= 11 is 15.6. The van der Waals surface area contributed by atoms with Gasteiger partial charge in [0, 0.05) is 32.2 Å². The first-order valence-electron chi connectivity index (χ1n) is 7.70. The van der Waals surface area contributed by atoms with Crippen molar-refractivity contribution in [2.24, 2.45) is 0 Å². The topological polar surface area (TPSA) is 34.4 Å². The molecule has 0 amide bonds. The molecule has 25 heavy (non-hydrogen) atoms. The number of ether oxygens (including phenoxy) is 1. The molecule has 1 heterocycles. The van der Waals surface area contributed by atoms with Gasteiger partial charge in [0.25, 0.3) is 0 Å². The Balaban J connectivity index is 1.65. The van der Waals surface area contributed by atoms with Gasteiger partial charge in [-0.3, -0.25) is 0 Å². The van der Waals surface area contributed by atoms with Crippen LogP contribution in [0.15, 0.2) is 63.7 Å². The lowest BCUT2D eigenvalue weighted by Gasteiger charge is -2.13. The van der Waals surface area contributed by atoms with E-state index in [1.165, 1.54) is 0 Å². The van der Waals surface area contributed by atoms with Crippen LogP contribution in [0.25, 0.3) is 0 Å². The van der Waals surface area contributed by atoms with Gasteiger partial charge in [-0.15, -0.1) is 0 Å². The summed E-state index contributed by atoms with van der Waals surface area (Å²) in [5, 5.41) is 4.56. The summed E-state index contributed by atoms with van der Waals surface area (Å²) < 4.78 is 12.3. The maximum Gasteiger partial charge on any atom is 0.124 e. The summed E-state index contributed by atoms with van der Waals surface area (Å²) in [6.45, 7) is 1.69. The van der Waals surface area contributed by atoms with E-state index in [-0.39, 0.29) is 0 Å². The van der Waals surface area contributed by atoms with Crippen LogP contribution < -0.4 is 10.1 Å². The van der Waals surface area contributed by atoms with E-state index in [4.69, 9.17) is 32.4 Å². The van der Waals surface area contributed by atoms with E-state index in [9.17, 15) is 0 Å². The Morgan fingerprint density at radius 2 is 1.88 bits per heavy atom. The van der Waals surface area contributed by atoms with E-state index in [1.54, 1.807) is 18.4 Å². The van der Waals surface area contributed by atoms with E-state index >= 15 is 0 Å². The number of benzene rings is 2. The fourth-order valence-electron chi connectivity index (χ4n) is 2.35. The second-order valence-electron chi connectivity index (χ2n) is 5.46. The molecule has 0 saturated heterocycles. The summed E-state index contributed by atoms with van der Waals surface area (Å²) in [5.74, 6) is 1.70. The maximum atomic E-state index is 6.21. The number of nitrogens with one attached hydrogen (secondary N) is 1. The molecule has 0 fully saturated rings. The molecule has 1 N–H and O–H groups in total.